The SMILES string of the molecule is CC[C@@H](C)CN(C[C@@H](O)C(Cc1ccccc1)NC(=O)O[C@@H](C)CC(=O)OC)S(=O)(=O)c1cccc(OC)c1. The van der Waals surface area contributed by atoms with E-state index in [1.54, 1.807) is 19.1 Å². The second-order valence-corrected chi connectivity index (χ2v) is 11.5. The summed E-state index contributed by atoms with van der Waals surface area (Å²) in [5.41, 5.74) is 0.827. The summed E-state index contributed by atoms with van der Waals surface area (Å²) in [4.78, 5) is 24.2. The number of alkyl carbamates (subject to hydrolysis) is 1. The molecule has 0 fully saturated rings. The van der Waals surface area contributed by atoms with Crippen molar-refractivity contribution in [1.29, 1.82) is 0 Å². The van der Waals surface area contributed by atoms with Crippen LogP contribution in [0.25, 0.3) is 0 Å². The molecular weight excluding hydrogens is 524 g/mol. The lowest BCUT2D eigenvalue weighted by Gasteiger charge is -2.31. The highest BCUT2D eigenvalue weighted by Crippen LogP contribution is 2.23. The number of nitrogens with zero attached hydrogens (tertiary/aromatic N) is 1. The first kappa shape index (κ1) is 32.1. The summed E-state index contributed by atoms with van der Waals surface area (Å²) in [6.45, 7) is 5.35. The van der Waals surface area contributed by atoms with E-state index < -0.39 is 40.3 Å². The summed E-state index contributed by atoms with van der Waals surface area (Å²) in [5, 5.41) is 14.0. The van der Waals surface area contributed by atoms with Crippen molar-refractivity contribution in [3.05, 3.63) is 60.2 Å². The molecule has 0 aliphatic rings. The molecule has 1 amide bonds. The number of nitrogens with one attached hydrogen (secondary N) is 1. The lowest BCUT2D eigenvalue weighted by molar-refractivity contribution is -0.142. The number of esters is 1. The molecule has 0 heterocycles. The van der Waals surface area contributed by atoms with Gasteiger partial charge in [0.15, 0.2) is 0 Å². The fraction of sp³-hybridized carbons (Fsp3) is 0.500. The van der Waals surface area contributed by atoms with Crippen LogP contribution in [0.3, 0.4) is 0 Å². The lowest BCUT2D eigenvalue weighted by Crippen LogP contribution is -2.51. The van der Waals surface area contributed by atoms with E-state index >= 15 is 0 Å². The Balaban J connectivity index is 2.31. The molecule has 0 saturated carbocycles. The first-order valence-corrected chi connectivity index (χ1v) is 14.3. The second kappa shape index (κ2) is 15.4. The van der Waals surface area contributed by atoms with E-state index in [2.05, 4.69) is 10.1 Å². The van der Waals surface area contributed by atoms with Crippen molar-refractivity contribution in [2.75, 3.05) is 27.3 Å². The van der Waals surface area contributed by atoms with E-state index in [4.69, 9.17) is 9.47 Å². The van der Waals surface area contributed by atoms with Crippen molar-refractivity contribution in [3.8, 4) is 5.75 Å². The number of aliphatic hydroxyl groups is 1. The monoisotopic (exact) mass is 564 g/mol. The van der Waals surface area contributed by atoms with Crippen molar-refractivity contribution < 1.29 is 37.3 Å². The van der Waals surface area contributed by atoms with Gasteiger partial charge in [-0.15, -0.1) is 0 Å². The van der Waals surface area contributed by atoms with Crippen LogP contribution in [0.4, 0.5) is 4.79 Å². The van der Waals surface area contributed by atoms with Crippen molar-refractivity contribution in [2.45, 2.75) is 63.2 Å². The molecule has 2 N–H and O–H groups in total. The zero-order valence-electron chi connectivity index (χ0n) is 23.2. The van der Waals surface area contributed by atoms with Crippen molar-refractivity contribution in [1.82, 2.24) is 9.62 Å². The Labute approximate surface area is 231 Å². The van der Waals surface area contributed by atoms with Gasteiger partial charge in [0, 0.05) is 19.2 Å². The lowest BCUT2D eigenvalue weighted by atomic mass is 10.0. The van der Waals surface area contributed by atoms with Gasteiger partial charge in [0.05, 0.1) is 37.7 Å². The summed E-state index contributed by atoms with van der Waals surface area (Å²) in [7, 11) is -1.31. The summed E-state index contributed by atoms with van der Waals surface area (Å²) in [6, 6.07) is 14.5. The van der Waals surface area contributed by atoms with E-state index in [1.807, 2.05) is 44.2 Å². The van der Waals surface area contributed by atoms with Gasteiger partial charge in [-0.3, -0.25) is 4.79 Å². The Morgan fingerprint density at radius 1 is 1.03 bits per heavy atom. The van der Waals surface area contributed by atoms with E-state index in [-0.39, 0.29) is 36.7 Å². The van der Waals surface area contributed by atoms with Crippen LogP contribution >= 0.6 is 0 Å². The normalized spacial score (nSPS) is 14.6. The third-order valence-electron chi connectivity index (χ3n) is 6.34. The first-order valence-electron chi connectivity index (χ1n) is 12.9. The molecule has 11 heteroatoms. The minimum Gasteiger partial charge on any atom is -0.497 e. The largest absolute Gasteiger partial charge is 0.497 e. The second-order valence-electron chi connectivity index (χ2n) is 9.52. The van der Waals surface area contributed by atoms with Gasteiger partial charge in [-0.2, -0.15) is 4.31 Å². The molecule has 0 aliphatic heterocycles. The fourth-order valence-electron chi connectivity index (χ4n) is 3.87. The maximum Gasteiger partial charge on any atom is 0.407 e. The minimum absolute atomic E-state index is 0.0160. The average molecular weight is 565 g/mol. The highest BCUT2D eigenvalue weighted by atomic mass is 32.2. The third-order valence-corrected chi connectivity index (χ3v) is 8.17. The maximum atomic E-state index is 13.7. The highest BCUT2D eigenvalue weighted by molar-refractivity contribution is 7.89. The van der Waals surface area contributed by atoms with Gasteiger partial charge in [0.1, 0.15) is 11.9 Å². The van der Waals surface area contributed by atoms with Crippen LogP contribution < -0.4 is 10.1 Å². The Morgan fingerprint density at radius 3 is 2.33 bits per heavy atom. The highest BCUT2D eigenvalue weighted by Gasteiger charge is 2.32. The minimum atomic E-state index is -4.01. The Kier molecular flexibility index (Phi) is 12.7. The van der Waals surface area contributed by atoms with Crippen molar-refractivity contribution in [2.24, 2.45) is 5.92 Å². The number of hydrogen-bond donors (Lipinski definition) is 2. The topological polar surface area (TPSA) is 131 Å². The zero-order valence-corrected chi connectivity index (χ0v) is 24.0. The van der Waals surface area contributed by atoms with Crippen LogP contribution in [-0.4, -0.2) is 75.5 Å². The van der Waals surface area contributed by atoms with Crippen molar-refractivity contribution >= 4 is 22.1 Å². The van der Waals surface area contributed by atoms with Crippen LogP contribution in [0, 0.1) is 5.92 Å². The molecule has 0 bridgehead atoms. The molecule has 10 nitrogen and oxygen atoms in total. The fourth-order valence-corrected chi connectivity index (χ4v) is 5.49. The van der Waals surface area contributed by atoms with E-state index in [9.17, 15) is 23.1 Å². The number of methoxy groups -OCH3 is 2. The van der Waals surface area contributed by atoms with Crippen LogP contribution in [0.1, 0.15) is 39.2 Å². The number of hydrogen-bond acceptors (Lipinski definition) is 8. The predicted octanol–water partition coefficient (Wildman–Crippen LogP) is 3.38. The predicted molar refractivity (Wildman–Crippen MR) is 147 cm³/mol. The van der Waals surface area contributed by atoms with Gasteiger partial charge in [-0.1, -0.05) is 56.7 Å². The number of carbonyl (C=O) groups is 2. The zero-order chi connectivity index (χ0) is 29.0. The van der Waals surface area contributed by atoms with Gasteiger partial charge in [0.2, 0.25) is 10.0 Å². The molecule has 2 aromatic rings. The van der Waals surface area contributed by atoms with Crippen molar-refractivity contribution in [3.63, 3.8) is 0 Å². The molecule has 39 heavy (non-hydrogen) atoms. The number of sulfonamides is 1. The van der Waals surface area contributed by atoms with Gasteiger partial charge >= 0.3 is 12.1 Å². The molecule has 0 spiro atoms. The van der Waals surface area contributed by atoms with E-state index in [0.29, 0.717) is 5.75 Å². The molecule has 1 unspecified atom stereocenters. The molecule has 2 rings (SSSR count). The third kappa shape index (κ3) is 10.2. The Morgan fingerprint density at radius 2 is 1.72 bits per heavy atom. The number of rotatable bonds is 15. The van der Waals surface area contributed by atoms with Crippen LogP contribution in [0.5, 0.6) is 5.75 Å². The maximum absolute atomic E-state index is 13.7. The first-order chi connectivity index (χ1) is 18.5. The number of ether oxygens (including phenoxy) is 3. The summed E-state index contributed by atoms with van der Waals surface area (Å²) < 4.78 is 43.7. The standard InChI is InChI=1S/C28H40N2O8S/c1-6-20(2)18-30(39(34,35)24-14-10-13-23(17-24)36-4)19-26(31)25(16-22-11-8-7-9-12-22)29-28(33)38-21(3)15-27(32)37-5/h7-14,17,20-21,25-26,31H,6,15-16,18-19H2,1-5H3,(H,29,33)/t20-,21+,25?,26-/m1/s1. The number of aliphatic hydroxyl groups excluding tert-OH is 1. The number of amides is 1. The molecule has 0 aromatic heterocycles. The van der Waals surface area contributed by atoms with Gasteiger partial charge in [-0.25, -0.2) is 13.2 Å². The average Bonchev–Trinajstić information content (AvgIpc) is 2.92. The Bertz CT molecular complexity index is 1160. The molecule has 216 valence electrons. The molecule has 2 aromatic carbocycles. The molecule has 0 aliphatic carbocycles. The van der Waals surface area contributed by atoms with E-state index in [1.165, 1.54) is 30.7 Å². The summed E-state index contributed by atoms with van der Waals surface area (Å²) in [6.07, 6.45) is -2.05. The molecule has 4 atom stereocenters. The molecular formula is C28H40N2O8S. The quantitative estimate of drug-likeness (QED) is 0.315. The molecule has 0 saturated heterocycles. The van der Waals surface area contributed by atoms with Gasteiger partial charge in [0.25, 0.3) is 0 Å². The van der Waals surface area contributed by atoms with E-state index in [0.717, 1.165) is 12.0 Å². The number of carbonyl (C=O) groups excluding carboxylic acids is 2. The van der Waals surface area contributed by atoms with Crippen LogP contribution in [0.2, 0.25) is 0 Å². The van der Waals surface area contributed by atoms with Crippen LogP contribution in [0.15, 0.2) is 59.5 Å². The van der Waals surface area contributed by atoms with Gasteiger partial charge < -0.3 is 24.6 Å². The summed E-state index contributed by atoms with van der Waals surface area (Å²) in [5.74, 6) is -0.116. The summed E-state index contributed by atoms with van der Waals surface area (Å²) >= 11 is 0. The van der Waals surface area contributed by atoms with Crippen LogP contribution in [-0.2, 0) is 30.7 Å². The number of benzene rings is 2. The Hall–Kier alpha value is -3.15. The van der Waals surface area contributed by atoms with Gasteiger partial charge in [-0.05, 0) is 37.0 Å². The smallest absolute Gasteiger partial charge is 0.407 e. The molecule has 0 radical (unpaired) electrons.